The van der Waals surface area contributed by atoms with Gasteiger partial charge >= 0.3 is 0 Å². The molecule has 4 heteroatoms. The summed E-state index contributed by atoms with van der Waals surface area (Å²) in [5, 5.41) is 1.17. The predicted octanol–water partition coefficient (Wildman–Crippen LogP) is 4.07. The zero-order valence-corrected chi connectivity index (χ0v) is 11.8. The molecular weight excluding hydrogens is 257 g/mol. The van der Waals surface area contributed by atoms with E-state index in [1.54, 1.807) is 23.2 Å². The molecular formula is C13H20Cl2NO+. The summed E-state index contributed by atoms with van der Waals surface area (Å²) in [6, 6.07) is 1.69. The second-order valence-electron chi connectivity index (χ2n) is 4.13. The monoisotopic (exact) mass is 276 g/mol. The molecule has 0 saturated heterocycles. The summed E-state index contributed by atoms with van der Waals surface area (Å²) in [5.41, 5.74) is 0. The van der Waals surface area contributed by atoms with Crippen LogP contribution in [0, 0.1) is 0 Å². The Bertz CT molecular complexity index is 311. The zero-order valence-electron chi connectivity index (χ0n) is 10.3. The number of halogens is 2. The molecule has 17 heavy (non-hydrogen) atoms. The highest BCUT2D eigenvalue weighted by molar-refractivity contribution is 6.34. The minimum atomic E-state index is 0.584. The van der Waals surface area contributed by atoms with Crippen LogP contribution >= 0.6 is 23.2 Å². The molecule has 0 spiro atoms. The van der Waals surface area contributed by atoms with E-state index in [4.69, 9.17) is 28.0 Å². The quantitative estimate of drug-likeness (QED) is 0.515. The summed E-state index contributed by atoms with van der Waals surface area (Å²) in [7, 11) is 0. The van der Waals surface area contributed by atoms with E-state index < -0.39 is 0 Å². The van der Waals surface area contributed by atoms with Crippen molar-refractivity contribution in [1.82, 2.24) is 0 Å². The van der Waals surface area contributed by atoms with Gasteiger partial charge in [-0.05, 0) is 18.9 Å². The number of hydrogen-bond acceptors (Lipinski definition) is 1. The fourth-order valence-electron chi connectivity index (χ4n) is 1.61. The normalized spacial score (nSPS) is 10.5. The Labute approximate surface area is 113 Å². The number of nitrogens with zero attached hydrogens (tertiary/aromatic N) is 1. The summed E-state index contributed by atoms with van der Waals surface area (Å²) in [6.45, 7) is 2.93. The lowest BCUT2D eigenvalue weighted by atomic mass is 10.1. The number of unbranched alkanes of at least 4 members (excludes halogenated alkanes) is 5. The third-order valence-corrected chi connectivity index (χ3v) is 2.93. The van der Waals surface area contributed by atoms with Crippen LogP contribution in [0.15, 0.2) is 18.5 Å². The van der Waals surface area contributed by atoms with Gasteiger partial charge in [-0.25, -0.2) is 0 Å². The second-order valence-corrected chi connectivity index (χ2v) is 5.01. The fourth-order valence-corrected chi connectivity index (χ4v) is 2.10. The molecule has 0 bridgehead atoms. The van der Waals surface area contributed by atoms with Crippen molar-refractivity contribution in [2.45, 2.75) is 45.4 Å². The molecule has 0 aromatic carbocycles. The lowest BCUT2D eigenvalue weighted by Gasteiger charge is -2.00. The van der Waals surface area contributed by atoms with E-state index in [1.165, 1.54) is 32.1 Å². The maximum atomic E-state index is 5.86. The standard InChI is InChI=1S/C13H20Cl2NO/c1-2-3-4-5-6-7-8-17-16-10-12(14)9-13(15)11-16/h9-11H,2-8H2,1H3/q+1. The van der Waals surface area contributed by atoms with Crippen LogP contribution in [0.4, 0.5) is 0 Å². The van der Waals surface area contributed by atoms with Gasteiger partial charge in [0.2, 0.25) is 12.4 Å². The molecule has 0 aliphatic heterocycles. The molecule has 0 aliphatic rings. The predicted molar refractivity (Wildman–Crippen MR) is 71.5 cm³/mol. The number of rotatable bonds is 8. The molecule has 0 radical (unpaired) electrons. The second kappa shape index (κ2) is 8.60. The Hall–Kier alpha value is -0.470. The van der Waals surface area contributed by atoms with E-state index >= 15 is 0 Å². The van der Waals surface area contributed by atoms with Crippen molar-refractivity contribution in [3.63, 3.8) is 0 Å². The van der Waals surface area contributed by atoms with Crippen molar-refractivity contribution >= 4 is 23.2 Å². The molecule has 0 amide bonds. The van der Waals surface area contributed by atoms with E-state index in [9.17, 15) is 0 Å². The van der Waals surface area contributed by atoms with Crippen molar-refractivity contribution in [2.24, 2.45) is 0 Å². The number of pyridine rings is 1. The Morgan fingerprint density at radius 3 is 2.24 bits per heavy atom. The van der Waals surface area contributed by atoms with Crippen molar-refractivity contribution in [3.05, 3.63) is 28.5 Å². The molecule has 0 aliphatic carbocycles. The summed E-state index contributed by atoms with van der Waals surface area (Å²) in [4.78, 5) is 5.52. The molecule has 1 aromatic heterocycles. The van der Waals surface area contributed by atoms with Gasteiger partial charge in [-0.15, -0.1) is 0 Å². The number of hydrogen-bond donors (Lipinski definition) is 0. The van der Waals surface area contributed by atoms with Crippen molar-refractivity contribution in [3.8, 4) is 0 Å². The van der Waals surface area contributed by atoms with Crippen LogP contribution < -0.4 is 9.57 Å². The first-order chi connectivity index (χ1) is 8.22. The first-order valence-electron chi connectivity index (χ1n) is 6.23. The molecule has 0 saturated carbocycles. The Morgan fingerprint density at radius 2 is 1.59 bits per heavy atom. The average Bonchev–Trinajstić information content (AvgIpc) is 2.26. The minimum absolute atomic E-state index is 0.584. The molecule has 1 rings (SSSR count). The van der Waals surface area contributed by atoms with Crippen LogP contribution in [-0.2, 0) is 0 Å². The van der Waals surface area contributed by atoms with Gasteiger partial charge in [-0.3, -0.25) is 4.84 Å². The maximum Gasteiger partial charge on any atom is 0.241 e. The molecule has 0 N–H and O–H groups in total. The van der Waals surface area contributed by atoms with Crippen molar-refractivity contribution < 1.29 is 9.57 Å². The Morgan fingerprint density at radius 1 is 1.00 bits per heavy atom. The number of aromatic nitrogens is 1. The van der Waals surface area contributed by atoms with Gasteiger partial charge in [-0.2, -0.15) is 0 Å². The SMILES string of the molecule is CCCCCCCCO[n+]1cc(Cl)cc(Cl)c1. The summed E-state index contributed by atoms with van der Waals surface area (Å²) in [5.74, 6) is 0. The smallest absolute Gasteiger partial charge is 0.241 e. The van der Waals surface area contributed by atoms with Crippen molar-refractivity contribution in [1.29, 1.82) is 0 Å². The Balaban J connectivity index is 2.13. The van der Waals surface area contributed by atoms with Gasteiger partial charge < -0.3 is 0 Å². The van der Waals surface area contributed by atoms with Crippen LogP contribution in [0.25, 0.3) is 0 Å². The third kappa shape index (κ3) is 6.75. The molecule has 0 fully saturated rings. The maximum absolute atomic E-state index is 5.86. The molecule has 96 valence electrons. The highest BCUT2D eigenvalue weighted by Gasteiger charge is 2.06. The molecule has 1 heterocycles. The third-order valence-electron chi connectivity index (χ3n) is 2.52. The van der Waals surface area contributed by atoms with Gasteiger partial charge in [0.15, 0.2) is 6.61 Å². The molecule has 0 unspecified atom stereocenters. The average molecular weight is 277 g/mol. The highest BCUT2D eigenvalue weighted by atomic mass is 35.5. The van der Waals surface area contributed by atoms with Gasteiger partial charge in [0.25, 0.3) is 0 Å². The highest BCUT2D eigenvalue weighted by Crippen LogP contribution is 2.11. The van der Waals surface area contributed by atoms with E-state index in [0.717, 1.165) is 6.42 Å². The fraction of sp³-hybridized carbons (Fsp3) is 0.615. The lowest BCUT2D eigenvalue weighted by Crippen LogP contribution is -2.42. The molecule has 1 aromatic rings. The molecule has 2 nitrogen and oxygen atoms in total. The van der Waals surface area contributed by atoms with Crippen molar-refractivity contribution in [2.75, 3.05) is 6.61 Å². The van der Waals surface area contributed by atoms with Crippen LogP contribution in [0.2, 0.25) is 10.0 Å². The van der Waals surface area contributed by atoms with E-state index in [2.05, 4.69) is 6.92 Å². The first-order valence-corrected chi connectivity index (χ1v) is 6.98. The van der Waals surface area contributed by atoms with E-state index in [1.807, 2.05) is 0 Å². The Kier molecular flexibility index (Phi) is 7.38. The van der Waals surface area contributed by atoms with Gasteiger partial charge in [0.05, 0.1) is 0 Å². The van der Waals surface area contributed by atoms with Crippen LogP contribution in [0.5, 0.6) is 0 Å². The van der Waals surface area contributed by atoms with Crippen LogP contribution in [-0.4, -0.2) is 6.61 Å². The van der Waals surface area contributed by atoms with Gasteiger partial charge in [-0.1, -0.05) is 55.8 Å². The van der Waals surface area contributed by atoms with Gasteiger partial charge in [0.1, 0.15) is 10.0 Å². The summed E-state index contributed by atoms with van der Waals surface area (Å²) in [6.07, 6.45) is 10.9. The summed E-state index contributed by atoms with van der Waals surface area (Å²) < 4.78 is 1.58. The largest absolute Gasteiger partial charge is 0.271 e. The van der Waals surface area contributed by atoms with Gasteiger partial charge in [0, 0.05) is 4.73 Å². The van der Waals surface area contributed by atoms with Crippen LogP contribution in [0.1, 0.15) is 45.4 Å². The minimum Gasteiger partial charge on any atom is -0.271 e. The summed E-state index contributed by atoms with van der Waals surface area (Å²) >= 11 is 11.7. The van der Waals surface area contributed by atoms with E-state index in [-0.39, 0.29) is 0 Å². The van der Waals surface area contributed by atoms with E-state index in [0.29, 0.717) is 16.7 Å². The lowest BCUT2D eigenvalue weighted by molar-refractivity contribution is -0.891. The van der Waals surface area contributed by atoms with Crippen LogP contribution in [0.3, 0.4) is 0 Å². The molecule has 0 atom stereocenters. The topological polar surface area (TPSA) is 13.1 Å². The zero-order chi connectivity index (χ0) is 12.5. The first kappa shape index (κ1) is 14.6.